The van der Waals surface area contributed by atoms with Crippen molar-refractivity contribution in [2.75, 3.05) is 0 Å². The maximum Gasteiger partial charge on any atom is 0.224 e. The molecule has 2 aliphatic carbocycles. The minimum atomic E-state index is 0.288. The Morgan fingerprint density at radius 2 is 1.85 bits per heavy atom. The van der Waals surface area contributed by atoms with Gasteiger partial charge in [0.1, 0.15) is 5.15 Å². The molecule has 0 spiro atoms. The van der Waals surface area contributed by atoms with Gasteiger partial charge < -0.3 is 0 Å². The number of nitrogens with zero attached hydrogens (tertiary/aromatic N) is 2. The maximum absolute atomic E-state index is 6.03. The van der Waals surface area contributed by atoms with Gasteiger partial charge in [0, 0.05) is 11.5 Å². The summed E-state index contributed by atoms with van der Waals surface area (Å²) in [5, 5.41) is 0.860. The minimum absolute atomic E-state index is 0.288. The predicted octanol–water partition coefficient (Wildman–Crippen LogP) is 3.15. The number of halogens is 2. The first kappa shape index (κ1) is 8.01. The first-order chi connectivity index (χ1) is 6.25. The molecular formula is C9H8Cl2N2. The Balaban J connectivity index is 2.26. The van der Waals surface area contributed by atoms with E-state index in [1.807, 2.05) is 0 Å². The topological polar surface area (TPSA) is 25.8 Å². The van der Waals surface area contributed by atoms with Gasteiger partial charge in [-0.2, -0.15) is 0 Å². The summed E-state index contributed by atoms with van der Waals surface area (Å²) in [5.74, 6) is 1.20. The quantitative estimate of drug-likeness (QED) is 0.490. The van der Waals surface area contributed by atoms with Crippen LogP contribution < -0.4 is 0 Å². The van der Waals surface area contributed by atoms with Crippen molar-refractivity contribution < 1.29 is 0 Å². The number of hydrogen-bond donors (Lipinski definition) is 0. The lowest BCUT2D eigenvalue weighted by atomic mass is 9.97. The fourth-order valence-corrected chi connectivity index (χ4v) is 3.16. The molecule has 2 nitrogen and oxygen atoms in total. The molecule has 4 heteroatoms. The van der Waals surface area contributed by atoms with Crippen LogP contribution in [0.25, 0.3) is 0 Å². The Morgan fingerprint density at radius 1 is 1.08 bits per heavy atom. The second kappa shape index (κ2) is 2.58. The fourth-order valence-electron chi connectivity index (χ4n) is 2.61. The van der Waals surface area contributed by atoms with Crippen molar-refractivity contribution in [2.24, 2.45) is 0 Å². The van der Waals surface area contributed by atoms with E-state index in [1.165, 1.54) is 24.8 Å². The third-order valence-corrected chi connectivity index (χ3v) is 3.59. The molecule has 3 rings (SSSR count). The van der Waals surface area contributed by atoms with E-state index in [4.69, 9.17) is 23.2 Å². The number of aromatic nitrogens is 2. The van der Waals surface area contributed by atoms with E-state index in [1.54, 1.807) is 0 Å². The van der Waals surface area contributed by atoms with Crippen LogP contribution in [0.5, 0.6) is 0 Å². The standard InChI is InChI=1S/C9H8Cl2N2/c10-8-6-4-1-2-5(3-4)7(6)12-9(11)13-8/h4-5H,1-3H2. The summed E-state index contributed by atoms with van der Waals surface area (Å²) < 4.78 is 0. The van der Waals surface area contributed by atoms with Gasteiger partial charge in [0.05, 0.1) is 5.69 Å². The summed E-state index contributed by atoms with van der Waals surface area (Å²) in [4.78, 5) is 8.25. The molecular weight excluding hydrogens is 207 g/mol. The lowest BCUT2D eigenvalue weighted by Crippen LogP contribution is -2.03. The van der Waals surface area contributed by atoms with Gasteiger partial charge in [-0.05, 0) is 36.8 Å². The summed E-state index contributed by atoms with van der Waals surface area (Å²) in [6.45, 7) is 0. The van der Waals surface area contributed by atoms with Gasteiger partial charge in [-0.25, -0.2) is 9.97 Å². The molecule has 2 atom stereocenters. The van der Waals surface area contributed by atoms with Crippen molar-refractivity contribution in [2.45, 2.75) is 31.1 Å². The lowest BCUT2D eigenvalue weighted by molar-refractivity contribution is 0.691. The summed E-state index contributed by atoms with van der Waals surface area (Å²) in [5.41, 5.74) is 2.28. The monoisotopic (exact) mass is 214 g/mol. The second-order valence-electron chi connectivity index (χ2n) is 3.79. The SMILES string of the molecule is Clc1nc(Cl)c2c(n1)C1CCC2C1. The van der Waals surface area contributed by atoms with Crippen molar-refractivity contribution in [3.8, 4) is 0 Å². The van der Waals surface area contributed by atoms with Crippen LogP contribution in [-0.4, -0.2) is 9.97 Å². The van der Waals surface area contributed by atoms with Crippen molar-refractivity contribution in [1.29, 1.82) is 0 Å². The zero-order chi connectivity index (χ0) is 9.00. The average molecular weight is 215 g/mol. The van der Waals surface area contributed by atoms with Gasteiger partial charge in [-0.1, -0.05) is 11.6 Å². The number of fused-ring (bicyclic) bond motifs is 5. The molecule has 1 aromatic heterocycles. The molecule has 2 bridgehead atoms. The van der Waals surface area contributed by atoms with Crippen LogP contribution in [0.15, 0.2) is 0 Å². The Kier molecular flexibility index (Phi) is 1.59. The molecule has 2 aliphatic rings. The van der Waals surface area contributed by atoms with Crippen molar-refractivity contribution in [3.63, 3.8) is 0 Å². The molecule has 0 saturated heterocycles. The molecule has 0 N–H and O–H groups in total. The van der Waals surface area contributed by atoms with E-state index in [0.29, 0.717) is 17.0 Å². The van der Waals surface area contributed by atoms with Crippen LogP contribution in [0, 0.1) is 0 Å². The first-order valence-corrected chi connectivity index (χ1v) is 5.24. The molecule has 13 heavy (non-hydrogen) atoms. The Morgan fingerprint density at radius 3 is 2.69 bits per heavy atom. The summed E-state index contributed by atoms with van der Waals surface area (Å²) in [7, 11) is 0. The second-order valence-corrected chi connectivity index (χ2v) is 4.49. The lowest BCUT2D eigenvalue weighted by Gasteiger charge is -2.14. The van der Waals surface area contributed by atoms with Crippen LogP contribution in [-0.2, 0) is 0 Å². The summed E-state index contributed by atoms with van der Waals surface area (Å²) >= 11 is 11.8. The third kappa shape index (κ3) is 1.02. The largest absolute Gasteiger partial charge is 0.224 e. The van der Waals surface area contributed by atoms with Crippen LogP contribution in [0.2, 0.25) is 10.4 Å². The minimum Gasteiger partial charge on any atom is -0.222 e. The van der Waals surface area contributed by atoms with Crippen LogP contribution >= 0.6 is 23.2 Å². The van der Waals surface area contributed by atoms with E-state index < -0.39 is 0 Å². The molecule has 1 saturated carbocycles. The van der Waals surface area contributed by atoms with Crippen molar-refractivity contribution in [1.82, 2.24) is 9.97 Å². The van der Waals surface area contributed by atoms with Crippen molar-refractivity contribution >= 4 is 23.2 Å². The van der Waals surface area contributed by atoms with Gasteiger partial charge in [0.25, 0.3) is 0 Å². The molecule has 0 radical (unpaired) electrons. The molecule has 68 valence electrons. The van der Waals surface area contributed by atoms with E-state index >= 15 is 0 Å². The molecule has 1 fully saturated rings. The molecule has 0 aliphatic heterocycles. The smallest absolute Gasteiger partial charge is 0.222 e. The molecule has 1 heterocycles. The predicted molar refractivity (Wildman–Crippen MR) is 51.4 cm³/mol. The highest BCUT2D eigenvalue weighted by atomic mass is 35.5. The molecule has 0 aromatic carbocycles. The fraction of sp³-hybridized carbons (Fsp3) is 0.556. The Hall–Kier alpha value is -0.340. The van der Waals surface area contributed by atoms with Crippen LogP contribution in [0.4, 0.5) is 0 Å². The highest BCUT2D eigenvalue weighted by Crippen LogP contribution is 2.53. The average Bonchev–Trinajstić information content (AvgIpc) is 2.62. The van der Waals surface area contributed by atoms with E-state index in [2.05, 4.69) is 9.97 Å². The summed E-state index contributed by atoms with van der Waals surface area (Å²) in [6.07, 6.45) is 3.67. The zero-order valence-electron chi connectivity index (χ0n) is 6.93. The first-order valence-electron chi connectivity index (χ1n) is 4.48. The number of hydrogen-bond acceptors (Lipinski definition) is 2. The highest BCUT2D eigenvalue weighted by molar-refractivity contribution is 6.32. The van der Waals surface area contributed by atoms with E-state index in [9.17, 15) is 0 Å². The number of rotatable bonds is 0. The maximum atomic E-state index is 6.03. The van der Waals surface area contributed by atoms with Gasteiger partial charge in [-0.3, -0.25) is 0 Å². The Labute approximate surface area is 86.3 Å². The van der Waals surface area contributed by atoms with Crippen LogP contribution in [0.3, 0.4) is 0 Å². The molecule has 1 aromatic rings. The van der Waals surface area contributed by atoms with Gasteiger partial charge in [-0.15, -0.1) is 0 Å². The van der Waals surface area contributed by atoms with Crippen molar-refractivity contribution in [3.05, 3.63) is 21.7 Å². The van der Waals surface area contributed by atoms with Gasteiger partial charge >= 0.3 is 0 Å². The Bertz CT molecular complexity index is 378. The molecule has 0 amide bonds. The summed E-state index contributed by atoms with van der Waals surface area (Å²) in [6, 6.07) is 0. The molecule has 2 unspecified atom stereocenters. The van der Waals surface area contributed by atoms with E-state index in [-0.39, 0.29) is 5.28 Å². The normalized spacial score (nSPS) is 29.4. The highest BCUT2D eigenvalue weighted by Gasteiger charge is 2.40. The van der Waals surface area contributed by atoms with Crippen LogP contribution in [0.1, 0.15) is 42.4 Å². The van der Waals surface area contributed by atoms with Gasteiger partial charge in [0.15, 0.2) is 0 Å². The zero-order valence-corrected chi connectivity index (χ0v) is 8.44. The van der Waals surface area contributed by atoms with E-state index in [0.717, 1.165) is 5.69 Å². The third-order valence-electron chi connectivity index (χ3n) is 3.13. The van der Waals surface area contributed by atoms with Gasteiger partial charge in [0.2, 0.25) is 5.28 Å².